The Morgan fingerprint density at radius 3 is 2.14 bits per heavy atom. The van der Waals surface area contributed by atoms with E-state index in [0.717, 1.165) is 104 Å². The number of hydrogen-bond donors (Lipinski definition) is 4. The Labute approximate surface area is 422 Å². The van der Waals surface area contributed by atoms with Gasteiger partial charge in [-0.3, -0.25) is 0 Å². The lowest BCUT2D eigenvalue weighted by Crippen LogP contribution is -2.31. The van der Waals surface area contributed by atoms with Crippen LogP contribution in [0.25, 0.3) is 78.4 Å². The first-order valence-corrected chi connectivity index (χ1v) is 25.9. The number of nitrogens with zero attached hydrogens (tertiary/aromatic N) is 9. The van der Waals surface area contributed by atoms with E-state index in [1.807, 2.05) is 90.8 Å². The zero-order chi connectivity index (χ0) is 50.5. The van der Waals surface area contributed by atoms with Gasteiger partial charge in [0.15, 0.2) is 9.84 Å². The van der Waals surface area contributed by atoms with Crippen LogP contribution < -0.4 is 21.5 Å². The van der Waals surface area contributed by atoms with Crippen LogP contribution in [0.1, 0.15) is 69.0 Å². The van der Waals surface area contributed by atoms with E-state index in [4.69, 9.17) is 20.9 Å². The molecule has 0 radical (unpaired) electrons. The van der Waals surface area contributed by atoms with Crippen molar-refractivity contribution in [2.75, 3.05) is 16.8 Å². The zero-order valence-electron chi connectivity index (χ0n) is 40.8. The van der Waals surface area contributed by atoms with Crippen molar-refractivity contribution in [1.82, 2.24) is 49.0 Å². The highest BCUT2D eigenvalue weighted by Crippen LogP contribution is 2.45. The fourth-order valence-corrected chi connectivity index (χ4v) is 12.9. The van der Waals surface area contributed by atoms with Gasteiger partial charge in [0.1, 0.15) is 53.4 Å². The van der Waals surface area contributed by atoms with E-state index in [1.165, 1.54) is 12.7 Å². The van der Waals surface area contributed by atoms with Crippen molar-refractivity contribution in [3.63, 3.8) is 0 Å². The summed E-state index contributed by atoms with van der Waals surface area (Å²) in [7, 11) is 0.741. The Hall–Kier alpha value is -8.22. The fourth-order valence-electron chi connectivity index (χ4n) is 10.6. The average Bonchev–Trinajstić information content (AvgIpc) is 4.22. The van der Waals surface area contributed by atoms with Crippen LogP contribution in [0.4, 0.5) is 17.3 Å². The summed E-state index contributed by atoms with van der Waals surface area (Å²) in [5, 5.41) is 4.40. The molecule has 1 fully saturated rings. The van der Waals surface area contributed by atoms with E-state index in [9.17, 15) is 8.42 Å². The molecule has 18 heteroatoms. The average molecular weight is 994 g/mol. The number of anilines is 3. The first-order valence-electron chi connectivity index (χ1n) is 24.3. The SMILES string of the molecule is C=Cc1nc2ccc(-c3c(-c4ccc(Oc5nccc(COC(Nc6ccc(-c7c(C8=CCC(S(=O)(=O)C9CCCC9)CC8)c8c(N)ncnc8n7C)cc6)C(=C)C)n5)cc4)c4c(N)ncnc4n3C)cc2[nH]1. The van der Waals surface area contributed by atoms with Gasteiger partial charge in [-0.1, -0.05) is 62.4 Å². The van der Waals surface area contributed by atoms with Crippen molar-refractivity contribution in [3.05, 3.63) is 134 Å². The lowest BCUT2D eigenvalue weighted by Gasteiger charge is -2.25. The molecule has 73 heavy (non-hydrogen) atoms. The van der Waals surface area contributed by atoms with Crippen molar-refractivity contribution in [2.45, 2.75) is 75.2 Å². The maximum atomic E-state index is 13.6. The van der Waals surface area contributed by atoms with Gasteiger partial charge in [-0.15, -0.1) is 0 Å². The number of fused-ring (bicyclic) bond motifs is 3. The molecule has 2 aliphatic rings. The molecule has 3 aromatic carbocycles. The third-order valence-electron chi connectivity index (χ3n) is 14.2. The van der Waals surface area contributed by atoms with E-state index in [2.05, 4.69) is 70.5 Å². The number of nitrogens with two attached hydrogens (primary N) is 2. The Bertz CT molecular complexity index is 3760. The van der Waals surface area contributed by atoms with Crippen LogP contribution >= 0.6 is 0 Å². The molecule has 6 aromatic heterocycles. The summed E-state index contributed by atoms with van der Waals surface area (Å²) in [5.41, 5.74) is 25.9. The number of ether oxygens (including phenoxy) is 2. The van der Waals surface area contributed by atoms with E-state index in [0.29, 0.717) is 59.5 Å². The number of aromatic nitrogens is 10. The van der Waals surface area contributed by atoms with Gasteiger partial charge in [-0.25, -0.2) is 38.3 Å². The van der Waals surface area contributed by atoms with Crippen molar-refractivity contribution in [3.8, 4) is 45.4 Å². The van der Waals surface area contributed by atoms with Crippen molar-refractivity contribution in [2.24, 2.45) is 14.1 Å². The minimum Gasteiger partial charge on any atom is -0.424 e. The predicted molar refractivity (Wildman–Crippen MR) is 288 cm³/mol. The number of nitrogens with one attached hydrogen (secondary N) is 2. The van der Waals surface area contributed by atoms with Gasteiger partial charge < -0.3 is 40.4 Å². The molecule has 17 nitrogen and oxygen atoms in total. The molecule has 0 aliphatic heterocycles. The van der Waals surface area contributed by atoms with Gasteiger partial charge in [0, 0.05) is 42.7 Å². The number of nitrogen functional groups attached to an aromatic ring is 2. The highest BCUT2D eigenvalue weighted by Gasteiger charge is 2.37. The molecule has 9 aromatic rings. The highest BCUT2D eigenvalue weighted by molar-refractivity contribution is 7.92. The second-order valence-electron chi connectivity index (χ2n) is 18.9. The number of sulfone groups is 1. The molecule has 1 saturated carbocycles. The van der Waals surface area contributed by atoms with E-state index < -0.39 is 16.1 Å². The maximum absolute atomic E-state index is 13.6. The van der Waals surface area contributed by atoms with Crippen LogP contribution in [0.3, 0.4) is 0 Å². The Kier molecular flexibility index (Phi) is 12.3. The number of aryl methyl sites for hydroxylation is 2. The third kappa shape index (κ3) is 8.75. The van der Waals surface area contributed by atoms with Crippen LogP contribution in [0.5, 0.6) is 11.8 Å². The predicted octanol–water partition coefficient (Wildman–Crippen LogP) is 10.3. The molecule has 6 heterocycles. The van der Waals surface area contributed by atoms with Gasteiger partial charge in [0.2, 0.25) is 0 Å². The quantitative estimate of drug-likeness (QED) is 0.0553. The highest BCUT2D eigenvalue weighted by atomic mass is 32.2. The summed E-state index contributed by atoms with van der Waals surface area (Å²) in [6.45, 7) is 10.1. The molecule has 0 spiro atoms. The summed E-state index contributed by atoms with van der Waals surface area (Å²) in [6.07, 6.45) is 13.0. The molecule has 2 aliphatic carbocycles. The van der Waals surface area contributed by atoms with Gasteiger partial charge in [0.05, 0.1) is 56.0 Å². The number of imidazole rings is 1. The third-order valence-corrected chi connectivity index (χ3v) is 17.0. The number of H-pyrrole nitrogens is 1. The first-order chi connectivity index (χ1) is 35.4. The van der Waals surface area contributed by atoms with Crippen molar-refractivity contribution >= 4 is 71.9 Å². The summed E-state index contributed by atoms with van der Waals surface area (Å²) >= 11 is 0. The first kappa shape index (κ1) is 47.1. The van der Waals surface area contributed by atoms with Gasteiger partial charge in [-0.05, 0) is 110 Å². The number of rotatable bonds is 15. The van der Waals surface area contributed by atoms with Crippen molar-refractivity contribution < 1.29 is 17.9 Å². The molecular formula is C55H55N13O4S. The van der Waals surface area contributed by atoms with Gasteiger partial charge in [-0.2, -0.15) is 4.98 Å². The molecular weight excluding hydrogens is 939 g/mol. The molecule has 2 atom stereocenters. The number of hydrogen-bond acceptors (Lipinski definition) is 14. The summed E-state index contributed by atoms with van der Waals surface area (Å²) in [5.74, 6) is 1.99. The van der Waals surface area contributed by atoms with Crippen molar-refractivity contribution in [1.29, 1.82) is 0 Å². The van der Waals surface area contributed by atoms with Gasteiger partial charge in [0.25, 0.3) is 0 Å². The minimum atomic E-state index is -3.20. The summed E-state index contributed by atoms with van der Waals surface area (Å²) in [4.78, 5) is 34.9. The van der Waals surface area contributed by atoms with Gasteiger partial charge >= 0.3 is 6.01 Å². The van der Waals surface area contributed by atoms with Crippen LogP contribution in [0.15, 0.2) is 116 Å². The normalized spacial score (nSPS) is 15.8. The molecule has 370 valence electrons. The smallest absolute Gasteiger partial charge is 0.322 e. The minimum absolute atomic E-state index is 0.146. The molecule has 0 bridgehead atoms. The fraction of sp³-hybridized carbons (Fsp3) is 0.255. The van der Waals surface area contributed by atoms with Crippen LogP contribution in [0.2, 0.25) is 0 Å². The number of aromatic amines is 1. The van der Waals surface area contributed by atoms with Crippen LogP contribution in [0, 0.1) is 0 Å². The Morgan fingerprint density at radius 1 is 0.822 bits per heavy atom. The molecule has 6 N–H and O–H groups in total. The lowest BCUT2D eigenvalue weighted by molar-refractivity contribution is 0.0799. The maximum Gasteiger partial charge on any atom is 0.322 e. The zero-order valence-corrected chi connectivity index (χ0v) is 41.7. The molecule has 0 amide bonds. The summed E-state index contributed by atoms with van der Waals surface area (Å²) < 4.78 is 43.7. The molecule has 2 unspecified atom stereocenters. The largest absolute Gasteiger partial charge is 0.424 e. The molecule has 11 rings (SSSR count). The topological polar surface area (TPSA) is 233 Å². The second kappa shape index (κ2) is 19.1. The van der Waals surface area contributed by atoms with E-state index in [1.54, 1.807) is 18.3 Å². The second-order valence-corrected chi connectivity index (χ2v) is 21.4. The van der Waals surface area contributed by atoms with E-state index >= 15 is 0 Å². The van der Waals surface area contributed by atoms with E-state index in [-0.39, 0.29) is 23.1 Å². The standard InChI is InChI=1S/C55H55N13O4S/c1-6-43-65-41-24-17-35(27-42(41)66-43)49-45(47-51(57)60-30-62-53(47)68(49)5)32-13-20-38(21-14-32)72-55-58-26-25-37(64-55)28-71-54(31(2)3)63-36-18-11-34(12-19-36)48-44(46-50(56)59-29-61-52(46)67(48)4)33-15-22-40(23-16-33)73(69,70)39-9-7-8-10-39/h6,11-15,17-21,24-27,29-30,39-40,54,63H,1-2,7-10,16,22-23,28H2,3-5H3,(H,65,66)(H2,56,59,61)(H2,57,60,62). The molecule has 0 saturated heterocycles. The Morgan fingerprint density at radius 2 is 1.48 bits per heavy atom. The van der Waals surface area contributed by atoms with Crippen LogP contribution in [-0.2, 0) is 35.3 Å². The lowest BCUT2D eigenvalue weighted by atomic mass is 9.90. The summed E-state index contributed by atoms with van der Waals surface area (Å²) in [6, 6.07) is 23.8. The number of allylic oxidation sites excluding steroid dienone is 2. The monoisotopic (exact) mass is 993 g/mol. The Balaban J connectivity index is 0.787. The number of benzene rings is 3. The van der Waals surface area contributed by atoms with Crippen LogP contribution in [-0.4, -0.2) is 74.2 Å².